The van der Waals surface area contributed by atoms with Crippen LogP contribution in [-0.4, -0.2) is 10.2 Å². The molecule has 1 aromatic heterocycles. The van der Waals surface area contributed by atoms with Crippen molar-refractivity contribution in [1.82, 2.24) is 10.2 Å². The Balaban J connectivity index is 1.79. The second-order valence-corrected chi connectivity index (χ2v) is 4.82. The Labute approximate surface area is 97.4 Å². The first kappa shape index (κ1) is 9.49. The van der Waals surface area contributed by atoms with E-state index < -0.39 is 0 Å². The van der Waals surface area contributed by atoms with Crippen LogP contribution in [0.25, 0.3) is 0 Å². The van der Waals surface area contributed by atoms with Gasteiger partial charge in [-0.2, -0.15) is 5.26 Å². The molecule has 3 rings (SSSR count). The van der Waals surface area contributed by atoms with Crippen LogP contribution in [0.4, 0.5) is 0 Å². The van der Waals surface area contributed by atoms with Crippen molar-refractivity contribution >= 4 is 11.3 Å². The maximum atomic E-state index is 8.72. The van der Waals surface area contributed by atoms with E-state index in [9.17, 15) is 0 Å². The number of hydrogen-bond donors (Lipinski definition) is 0. The Hall–Kier alpha value is -1.73. The van der Waals surface area contributed by atoms with Gasteiger partial charge < -0.3 is 0 Å². The zero-order valence-corrected chi connectivity index (χ0v) is 9.31. The fraction of sp³-hybridized carbons (Fsp3) is 0.250. The van der Waals surface area contributed by atoms with Gasteiger partial charge in [-0.15, -0.1) is 21.5 Å². The first-order valence-corrected chi connectivity index (χ1v) is 6.02. The molecule has 78 valence electrons. The summed E-state index contributed by atoms with van der Waals surface area (Å²) in [7, 11) is 0. The first-order valence-electron chi connectivity index (χ1n) is 5.14. The molecule has 16 heavy (non-hydrogen) atoms. The minimum Gasteiger partial charge on any atom is -0.192 e. The molecule has 0 aliphatic heterocycles. The van der Waals surface area contributed by atoms with Crippen LogP contribution in [0.15, 0.2) is 29.8 Å². The molecule has 1 saturated carbocycles. The molecule has 1 fully saturated rings. The minimum atomic E-state index is 0.542. The summed E-state index contributed by atoms with van der Waals surface area (Å²) in [6, 6.07) is 9.98. The molecule has 0 N–H and O–H groups in total. The number of rotatable bonds is 2. The molecular formula is C12H9N3S. The second kappa shape index (κ2) is 3.69. The molecule has 4 heteroatoms. The average Bonchev–Trinajstić information content (AvgIpc) is 2.95. The Morgan fingerprint density at radius 1 is 1.25 bits per heavy atom. The van der Waals surface area contributed by atoms with Gasteiger partial charge in [0.25, 0.3) is 0 Å². The van der Waals surface area contributed by atoms with Crippen molar-refractivity contribution in [3.63, 3.8) is 0 Å². The Morgan fingerprint density at radius 3 is 2.69 bits per heavy atom. The van der Waals surface area contributed by atoms with Gasteiger partial charge >= 0.3 is 0 Å². The van der Waals surface area contributed by atoms with Crippen molar-refractivity contribution in [2.45, 2.75) is 18.3 Å². The van der Waals surface area contributed by atoms with Crippen LogP contribution in [0.5, 0.6) is 0 Å². The first-order chi connectivity index (χ1) is 7.88. The van der Waals surface area contributed by atoms with Crippen LogP contribution in [0.2, 0.25) is 0 Å². The number of nitriles is 1. The molecule has 0 spiro atoms. The van der Waals surface area contributed by atoms with E-state index in [1.54, 1.807) is 16.8 Å². The highest BCUT2D eigenvalue weighted by Crippen LogP contribution is 2.54. The maximum Gasteiger partial charge on any atom is 0.120 e. The van der Waals surface area contributed by atoms with Crippen molar-refractivity contribution in [2.24, 2.45) is 0 Å². The zero-order valence-electron chi connectivity index (χ0n) is 8.50. The highest BCUT2D eigenvalue weighted by molar-refractivity contribution is 7.09. The minimum absolute atomic E-state index is 0.542. The van der Waals surface area contributed by atoms with E-state index in [1.165, 1.54) is 5.56 Å². The van der Waals surface area contributed by atoms with Gasteiger partial charge in [0.15, 0.2) is 0 Å². The standard InChI is InChI=1S/C12H9N3S/c13-6-8-1-3-9(4-2-8)10-5-11(10)12-15-14-7-16-12/h1-4,7,10-11H,5H2. The molecule has 2 unspecified atom stereocenters. The molecule has 0 saturated heterocycles. The summed E-state index contributed by atoms with van der Waals surface area (Å²) in [5.41, 5.74) is 3.81. The normalized spacial score (nSPS) is 22.7. The molecule has 3 nitrogen and oxygen atoms in total. The van der Waals surface area contributed by atoms with E-state index >= 15 is 0 Å². The average molecular weight is 227 g/mol. The highest BCUT2D eigenvalue weighted by Gasteiger charge is 2.41. The summed E-state index contributed by atoms with van der Waals surface area (Å²) < 4.78 is 0. The Bertz CT molecular complexity index is 524. The van der Waals surface area contributed by atoms with Gasteiger partial charge in [0.2, 0.25) is 0 Å². The molecule has 1 aliphatic carbocycles. The lowest BCUT2D eigenvalue weighted by molar-refractivity contribution is 0.943. The molecule has 1 aromatic carbocycles. The number of benzene rings is 1. The van der Waals surface area contributed by atoms with Crippen LogP contribution in [0, 0.1) is 11.3 Å². The van der Waals surface area contributed by atoms with Crippen molar-refractivity contribution in [3.05, 3.63) is 45.9 Å². The predicted octanol–water partition coefficient (Wildman–Crippen LogP) is 2.68. The fourth-order valence-electron chi connectivity index (χ4n) is 1.98. The quantitative estimate of drug-likeness (QED) is 0.792. The molecule has 1 aliphatic rings. The molecule has 2 aromatic rings. The van der Waals surface area contributed by atoms with Gasteiger partial charge in [0.1, 0.15) is 10.5 Å². The highest BCUT2D eigenvalue weighted by atomic mass is 32.1. The predicted molar refractivity (Wildman–Crippen MR) is 61.2 cm³/mol. The van der Waals surface area contributed by atoms with Gasteiger partial charge in [0, 0.05) is 5.92 Å². The summed E-state index contributed by atoms with van der Waals surface area (Å²) in [4.78, 5) is 0. The number of hydrogen-bond acceptors (Lipinski definition) is 4. The van der Waals surface area contributed by atoms with E-state index in [-0.39, 0.29) is 0 Å². The smallest absolute Gasteiger partial charge is 0.120 e. The number of aromatic nitrogens is 2. The SMILES string of the molecule is N#Cc1ccc(C2CC2c2nncs2)cc1. The zero-order chi connectivity index (χ0) is 11.0. The Morgan fingerprint density at radius 2 is 2.06 bits per heavy atom. The molecule has 0 bridgehead atoms. The van der Waals surface area contributed by atoms with Gasteiger partial charge in [0.05, 0.1) is 11.6 Å². The second-order valence-electron chi connectivity index (χ2n) is 3.96. The van der Waals surface area contributed by atoms with Crippen LogP contribution >= 0.6 is 11.3 Å². The molecule has 0 radical (unpaired) electrons. The van der Waals surface area contributed by atoms with Crippen molar-refractivity contribution in [3.8, 4) is 6.07 Å². The third-order valence-corrected chi connectivity index (χ3v) is 3.78. The van der Waals surface area contributed by atoms with E-state index in [4.69, 9.17) is 5.26 Å². The van der Waals surface area contributed by atoms with E-state index in [0.29, 0.717) is 11.8 Å². The summed E-state index contributed by atoms with van der Waals surface area (Å²) in [6.07, 6.45) is 1.15. The summed E-state index contributed by atoms with van der Waals surface area (Å²) in [5.74, 6) is 1.11. The van der Waals surface area contributed by atoms with Crippen LogP contribution < -0.4 is 0 Å². The van der Waals surface area contributed by atoms with Crippen molar-refractivity contribution in [1.29, 1.82) is 5.26 Å². The van der Waals surface area contributed by atoms with Gasteiger partial charge in [-0.3, -0.25) is 0 Å². The topological polar surface area (TPSA) is 49.6 Å². The lowest BCUT2D eigenvalue weighted by Gasteiger charge is -1.98. The van der Waals surface area contributed by atoms with E-state index in [1.807, 2.05) is 24.3 Å². The number of nitrogens with zero attached hydrogens (tertiary/aromatic N) is 3. The molecule has 2 atom stereocenters. The van der Waals surface area contributed by atoms with E-state index in [2.05, 4.69) is 16.3 Å². The Kier molecular flexibility index (Phi) is 2.19. The van der Waals surface area contributed by atoms with Crippen LogP contribution in [0.3, 0.4) is 0 Å². The summed E-state index contributed by atoms with van der Waals surface area (Å²) in [6.45, 7) is 0. The van der Waals surface area contributed by atoms with Gasteiger partial charge in [-0.1, -0.05) is 12.1 Å². The summed E-state index contributed by atoms with van der Waals surface area (Å²) in [5, 5.41) is 17.8. The lowest BCUT2D eigenvalue weighted by Crippen LogP contribution is -1.84. The van der Waals surface area contributed by atoms with Crippen molar-refractivity contribution < 1.29 is 0 Å². The van der Waals surface area contributed by atoms with Gasteiger partial charge in [-0.25, -0.2) is 0 Å². The largest absolute Gasteiger partial charge is 0.192 e. The third-order valence-electron chi connectivity index (χ3n) is 2.95. The fourth-order valence-corrected chi connectivity index (χ4v) is 2.72. The molecule has 1 heterocycles. The van der Waals surface area contributed by atoms with Crippen LogP contribution in [0.1, 0.15) is 34.4 Å². The molecule has 0 amide bonds. The summed E-state index contributed by atoms with van der Waals surface area (Å²) >= 11 is 1.63. The lowest BCUT2D eigenvalue weighted by atomic mass is 10.1. The molecular weight excluding hydrogens is 218 g/mol. The van der Waals surface area contributed by atoms with E-state index in [0.717, 1.165) is 17.0 Å². The monoisotopic (exact) mass is 227 g/mol. The maximum absolute atomic E-state index is 8.72. The van der Waals surface area contributed by atoms with Gasteiger partial charge in [-0.05, 0) is 30.0 Å². The van der Waals surface area contributed by atoms with Crippen LogP contribution in [-0.2, 0) is 0 Å². The van der Waals surface area contributed by atoms with Crippen molar-refractivity contribution in [2.75, 3.05) is 0 Å². The third kappa shape index (κ3) is 1.59.